The summed E-state index contributed by atoms with van der Waals surface area (Å²) in [6.45, 7) is 0. The molecule has 2 aromatic heterocycles. The van der Waals surface area contributed by atoms with Crippen molar-refractivity contribution in [2.24, 2.45) is 15.3 Å². The molecule has 1 aliphatic rings. The zero-order valence-corrected chi connectivity index (χ0v) is 13.4. The smallest absolute Gasteiger partial charge is 0.178 e. The number of pyridine rings is 1. The van der Waals surface area contributed by atoms with Crippen LogP contribution in [0.2, 0.25) is 0 Å². The van der Waals surface area contributed by atoms with E-state index in [1.165, 1.54) is 0 Å². The number of amidine groups is 1. The van der Waals surface area contributed by atoms with Crippen LogP contribution in [0.15, 0.2) is 70.4 Å². The minimum Gasteiger partial charge on any atom is -0.370 e. The van der Waals surface area contributed by atoms with Crippen LogP contribution < -0.4 is 10.7 Å². The van der Waals surface area contributed by atoms with E-state index in [1.807, 2.05) is 30.3 Å². The Morgan fingerprint density at radius 2 is 1.80 bits per heavy atom. The fraction of sp³-hybridized carbons (Fsp3) is 0.0588. The summed E-state index contributed by atoms with van der Waals surface area (Å²) in [5.74, 6) is 0.597. The zero-order valence-electron chi connectivity index (χ0n) is 13.4. The molecule has 3 heterocycles. The third-order valence-corrected chi connectivity index (χ3v) is 3.77. The van der Waals surface area contributed by atoms with Gasteiger partial charge < -0.3 is 5.32 Å². The molecular formula is C17H14N8. The van der Waals surface area contributed by atoms with Crippen molar-refractivity contribution in [3.05, 3.63) is 60.7 Å². The second-order valence-electron chi connectivity index (χ2n) is 5.25. The highest BCUT2D eigenvalue weighted by molar-refractivity contribution is 6.72. The van der Waals surface area contributed by atoms with Gasteiger partial charge in [-0.2, -0.15) is 15.3 Å². The van der Waals surface area contributed by atoms with Crippen LogP contribution in [0.1, 0.15) is 5.56 Å². The van der Waals surface area contributed by atoms with Crippen LogP contribution in [0, 0.1) is 0 Å². The first-order chi connectivity index (χ1) is 12.4. The maximum Gasteiger partial charge on any atom is 0.178 e. The highest BCUT2D eigenvalue weighted by Gasteiger charge is 2.23. The summed E-state index contributed by atoms with van der Waals surface area (Å²) in [7, 11) is 1.78. The summed E-state index contributed by atoms with van der Waals surface area (Å²) in [5, 5.41) is 25.7. The van der Waals surface area contributed by atoms with E-state index < -0.39 is 0 Å². The number of hydrogen-bond acceptors (Lipinski definition) is 8. The van der Waals surface area contributed by atoms with Crippen LogP contribution in [0.4, 0.5) is 5.69 Å². The van der Waals surface area contributed by atoms with E-state index in [0.717, 1.165) is 22.0 Å². The van der Waals surface area contributed by atoms with Gasteiger partial charge in [0.05, 0.1) is 18.1 Å². The molecule has 0 amide bonds. The van der Waals surface area contributed by atoms with Crippen LogP contribution in [0.25, 0.3) is 10.8 Å². The van der Waals surface area contributed by atoms with E-state index in [0.29, 0.717) is 17.3 Å². The SMILES string of the molecule is CNC1=NN=C(c2ccncc2)/C1=N\Nc1cccc2cnncc12. The lowest BCUT2D eigenvalue weighted by molar-refractivity contribution is 1.05. The Morgan fingerprint density at radius 1 is 0.960 bits per heavy atom. The second kappa shape index (κ2) is 6.44. The number of rotatable bonds is 3. The molecule has 0 atom stereocenters. The lowest BCUT2D eigenvalue weighted by Crippen LogP contribution is -2.31. The molecule has 122 valence electrons. The number of hydrogen-bond donors (Lipinski definition) is 2. The van der Waals surface area contributed by atoms with Crippen molar-refractivity contribution in [3.63, 3.8) is 0 Å². The summed E-state index contributed by atoms with van der Waals surface area (Å²) in [5.41, 5.74) is 6.14. The first kappa shape index (κ1) is 14.9. The van der Waals surface area contributed by atoms with Gasteiger partial charge in [0.1, 0.15) is 5.71 Å². The van der Waals surface area contributed by atoms with Gasteiger partial charge in [-0.25, -0.2) is 0 Å². The third kappa shape index (κ3) is 2.80. The molecule has 0 fully saturated rings. The summed E-state index contributed by atoms with van der Waals surface area (Å²) in [6.07, 6.45) is 6.85. The molecule has 0 saturated heterocycles. The van der Waals surface area contributed by atoms with Gasteiger partial charge in [0.25, 0.3) is 0 Å². The minimum atomic E-state index is 0.597. The quantitative estimate of drug-likeness (QED) is 0.714. The number of hydrazone groups is 1. The van der Waals surface area contributed by atoms with Crippen LogP contribution >= 0.6 is 0 Å². The molecule has 3 aromatic rings. The van der Waals surface area contributed by atoms with E-state index >= 15 is 0 Å². The number of fused-ring (bicyclic) bond motifs is 1. The summed E-state index contributed by atoms with van der Waals surface area (Å²) >= 11 is 0. The highest BCUT2D eigenvalue weighted by Crippen LogP contribution is 2.21. The molecule has 8 nitrogen and oxygen atoms in total. The normalized spacial score (nSPS) is 15.2. The van der Waals surface area contributed by atoms with Crippen molar-refractivity contribution in [1.29, 1.82) is 0 Å². The van der Waals surface area contributed by atoms with Crippen molar-refractivity contribution in [3.8, 4) is 0 Å². The van der Waals surface area contributed by atoms with E-state index in [4.69, 9.17) is 0 Å². The van der Waals surface area contributed by atoms with Crippen molar-refractivity contribution in [2.75, 3.05) is 12.5 Å². The maximum absolute atomic E-state index is 4.53. The molecule has 2 N–H and O–H groups in total. The van der Waals surface area contributed by atoms with Gasteiger partial charge in [-0.1, -0.05) is 12.1 Å². The largest absolute Gasteiger partial charge is 0.370 e. The summed E-state index contributed by atoms with van der Waals surface area (Å²) in [6, 6.07) is 9.59. The van der Waals surface area contributed by atoms with Crippen LogP contribution in [-0.4, -0.2) is 39.5 Å². The van der Waals surface area contributed by atoms with Gasteiger partial charge in [-0.15, -0.1) is 10.2 Å². The van der Waals surface area contributed by atoms with Gasteiger partial charge >= 0.3 is 0 Å². The molecule has 8 heteroatoms. The average Bonchev–Trinajstić information content (AvgIpc) is 3.10. The average molecular weight is 330 g/mol. The molecule has 0 radical (unpaired) electrons. The van der Waals surface area contributed by atoms with E-state index in [2.05, 4.69) is 41.2 Å². The summed E-state index contributed by atoms with van der Waals surface area (Å²) < 4.78 is 0. The Bertz CT molecular complexity index is 1000. The van der Waals surface area contributed by atoms with Crippen LogP contribution in [0.3, 0.4) is 0 Å². The molecule has 4 rings (SSSR count). The molecule has 1 aromatic carbocycles. The van der Waals surface area contributed by atoms with Gasteiger partial charge in [0.15, 0.2) is 11.5 Å². The zero-order chi connectivity index (χ0) is 17.1. The second-order valence-corrected chi connectivity index (χ2v) is 5.25. The Morgan fingerprint density at radius 3 is 2.64 bits per heavy atom. The predicted octanol–water partition coefficient (Wildman–Crippen LogP) is 1.83. The topological polar surface area (TPSA) is 99.8 Å². The highest BCUT2D eigenvalue weighted by atomic mass is 15.3. The third-order valence-electron chi connectivity index (χ3n) is 3.77. The molecule has 0 bridgehead atoms. The minimum absolute atomic E-state index is 0.597. The summed E-state index contributed by atoms with van der Waals surface area (Å²) in [4.78, 5) is 4.03. The predicted molar refractivity (Wildman–Crippen MR) is 97.9 cm³/mol. The van der Waals surface area contributed by atoms with Crippen molar-refractivity contribution < 1.29 is 0 Å². The fourth-order valence-corrected chi connectivity index (χ4v) is 2.53. The van der Waals surface area contributed by atoms with Crippen molar-refractivity contribution in [1.82, 2.24) is 20.5 Å². The van der Waals surface area contributed by atoms with E-state index in [-0.39, 0.29) is 0 Å². The lowest BCUT2D eigenvalue weighted by atomic mass is 10.1. The first-order valence-electron chi connectivity index (χ1n) is 7.64. The Balaban J connectivity index is 1.70. The number of nitrogens with zero attached hydrogens (tertiary/aromatic N) is 6. The first-order valence-corrected chi connectivity index (χ1v) is 7.64. The molecule has 0 aliphatic carbocycles. The monoisotopic (exact) mass is 330 g/mol. The Hall–Kier alpha value is -3.68. The molecular weight excluding hydrogens is 316 g/mol. The van der Waals surface area contributed by atoms with E-state index in [9.17, 15) is 0 Å². The number of anilines is 1. The number of benzene rings is 1. The maximum atomic E-state index is 4.53. The molecule has 0 saturated carbocycles. The van der Waals surface area contributed by atoms with Crippen LogP contribution in [-0.2, 0) is 0 Å². The van der Waals surface area contributed by atoms with Gasteiger partial charge in [-0.3, -0.25) is 10.4 Å². The Kier molecular flexibility index (Phi) is 3.83. The molecule has 25 heavy (non-hydrogen) atoms. The Labute approximate surface area is 143 Å². The fourth-order valence-electron chi connectivity index (χ4n) is 2.53. The van der Waals surface area contributed by atoms with E-state index in [1.54, 1.807) is 31.8 Å². The van der Waals surface area contributed by atoms with Gasteiger partial charge in [0.2, 0.25) is 0 Å². The number of aromatic nitrogens is 3. The van der Waals surface area contributed by atoms with Gasteiger partial charge in [0, 0.05) is 35.8 Å². The lowest BCUT2D eigenvalue weighted by Gasteiger charge is -2.08. The molecule has 1 aliphatic heterocycles. The van der Waals surface area contributed by atoms with Crippen molar-refractivity contribution >= 4 is 33.7 Å². The molecule has 0 spiro atoms. The number of nitrogens with one attached hydrogen (secondary N) is 2. The van der Waals surface area contributed by atoms with Crippen LogP contribution in [0.5, 0.6) is 0 Å². The molecule has 0 unspecified atom stereocenters. The standard InChI is InChI=1S/C17H14N8/c1-18-17-16(15(23-25-17)11-5-7-19-8-6-11)24-22-14-4-2-3-12-9-20-21-10-13(12)14/h2-10,22H,1H3,(H,18,24,25). The van der Waals surface area contributed by atoms with Gasteiger partial charge in [-0.05, 0) is 18.2 Å². The van der Waals surface area contributed by atoms with Crippen molar-refractivity contribution in [2.45, 2.75) is 0 Å².